The van der Waals surface area contributed by atoms with Gasteiger partial charge in [0, 0.05) is 38.8 Å². The largest absolute Gasteiger partial charge is 0.355 e. The van der Waals surface area contributed by atoms with Crippen LogP contribution in [0.4, 0.5) is 5.82 Å². The summed E-state index contributed by atoms with van der Waals surface area (Å²) in [6.45, 7) is 7.87. The van der Waals surface area contributed by atoms with Gasteiger partial charge in [-0.05, 0) is 27.4 Å². The molecule has 1 rings (SSSR count). The van der Waals surface area contributed by atoms with Crippen LogP contribution in [0.2, 0.25) is 0 Å². The highest BCUT2D eigenvalue weighted by atomic mass is 15.4. The zero-order chi connectivity index (χ0) is 13.7. The monoisotopic (exact) mass is 253 g/mol. The number of hydrogen-bond donors (Lipinski definition) is 1. The Bertz CT molecular complexity index is 370. The maximum absolute atomic E-state index is 5.86. The molecule has 2 N–H and O–H groups in total. The Morgan fingerprint density at radius 3 is 2.39 bits per heavy atom. The average molecular weight is 253 g/mol. The lowest BCUT2D eigenvalue weighted by molar-refractivity contribution is 0.411. The Morgan fingerprint density at radius 2 is 1.89 bits per heavy atom. The topological polar surface area (TPSA) is 50.3 Å². The van der Waals surface area contributed by atoms with E-state index in [2.05, 4.69) is 35.9 Å². The van der Waals surface area contributed by atoms with Gasteiger partial charge >= 0.3 is 0 Å². The molecule has 1 heterocycles. The van der Waals surface area contributed by atoms with E-state index in [-0.39, 0.29) is 0 Å². The molecule has 0 aliphatic heterocycles. The molecule has 1 aromatic rings. The summed E-state index contributed by atoms with van der Waals surface area (Å²) in [4.78, 5) is 4.59. The summed E-state index contributed by atoms with van der Waals surface area (Å²) in [5.74, 6) is 1.18. The molecule has 0 aliphatic rings. The summed E-state index contributed by atoms with van der Waals surface area (Å²) in [7, 11) is 6.20. The Morgan fingerprint density at radius 1 is 1.22 bits per heavy atom. The molecular weight excluding hydrogens is 226 g/mol. The number of rotatable bonds is 7. The van der Waals surface area contributed by atoms with Crippen LogP contribution in [0.15, 0.2) is 0 Å². The van der Waals surface area contributed by atoms with Crippen molar-refractivity contribution in [1.29, 1.82) is 0 Å². The molecule has 18 heavy (non-hydrogen) atoms. The van der Waals surface area contributed by atoms with E-state index in [4.69, 9.17) is 5.73 Å². The molecule has 0 radical (unpaired) electrons. The number of aromatic nitrogens is 2. The van der Waals surface area contributed by atoms with Gasteiger partial charge in [-0.2, -0.15) is 5.10 Å². The molecule has 0 aromatic carbocycles. The molecular formula is C13H27N5. The lowest BCUT2D eigenvalue weighted by Gasteiger charge is -2.27. The maximum atomic E-state index is 5.86. The van der Waals surface area contributed by atoms with Gasteiger partial charge in [0.15, 0.2) is 0 Å². The third-order valence-electron chi connectivity index (χ3n) is 3.13. The van der Waals surface area contributed by atoms with Crippen LogP contribution in [0.25, 0.3) is 0 Å². The molecule has 1 aromatic heterocycles. The SMILES string of the molecule is CCCN(CCN(C)C)c1c(CN)c(C)nn1C. The van der Waals surface area contributed by atoms with Crippen LogP contribution in [0.3, 0.4) is 0 Å². The summed E-state index contributed by atoms with van der Waals surface area (Å²) >= 11 is 0. The highest BCUT2D eigenvalue weighted by molar-refractivity contribution is 5.50. The predicted octanol–water partition coefficient (Wildman–Crippen LogP) is 0.965. The molecule has 0 amide bonds. The van der Waals surface area contributed by atoms with Crippen LogP contribution in [0.5, 0.6) is 0 Å². The van der Waals surface area contributed by atoms with Gasteiger partial charge in [0.2, 0.25) is 0 Å². The van der Waals surface area contributed by atoms with Gasteiger partial charge in [0.05, 0.1) is 5.69 Å². The van der Waals surface area contributed by atoms with Crippen molar-refractivity contribution >= 4 is 5.82 Å². The van der Waals surface area contributed by atoms with E-state index in [0.717, 1.165) is 31.7 Å². The lowest BCUT2D eigenvalue weighted by Crippen LogP contribution is -2.34. The summed E-state index contributed by atoms with van der Waals surface area (Å²) in [6.07, 6.45) is 1.13. The van der Waals surface area contributed by atoms with Gasteiger partial charge in [-0.3, -0.25) is 4.68 Å². The first-order valence-corrected chi connectivity index (χ1v) is 6.63. The fourth-order valence-electron chi connectivity index (χ4n) is 2.24. The van der Waals surface area contributed by atoms with E-state index < -0.39 is 0 Å². The highest BCUT2D eigenvalue weighted by Gasteiger charge is 2.17. The van der Waals surface area contributed by atoms with Gasteiger partial charge in [-0.25, -0.2) is 0 Å². The molecule has 0 saturated carbocycles. The third-order valence-corrected chi connectivity index (χ3v) is 3.13. The second-order valence-electron chi connectivity index (χ2n) is 5.01. The van der Waals surface area contributed by atoms with E-state index in [1.165, 1.54) is 11.4 Å². The van der Waals surface area contributed by atoms with Crippen molar-refractivity contribution in [1.82, 2.24) is 14.7 Å². The Hall–Kier alpha value is -1.07. The quantitative estimate of drug-likeness (QED) is 0.786. The van der Waals surface area contributed by atoms with Crippen LogP contribution < -0.4 is 10.6 Å². The van der Waals surface area contributed by atoms with Crippen LogP contribution in [-0.4, -0.2) is 48.4 Å². The fourth-order valence-corrected chi connectivity index (χ4v) is 2.24. The minimum absolute atomic E-state index is 0.553. The molecule has 5 heteroatoms. The molecule has 5 nitrogen and oxygen atoms in total. The van der Waals surface area contributed by atoms with E-state index in [9.17, 15) is 0 Å². The maximum Gasteiger partial charge on any atom is 0.131 e. The Balaban J connectivity index is 2.97. The van der Waals surface area contributed by atoms with Gasteiger partial charge in [0.1, 0.15) is 5.82 Å². The third kappa shape index (κ3) is 3.46. The summed E-state index contributed by atoms with van der Waals surface area (Å²) in [6, 6.07) is 0. The number of aryl methyl sites for hydroxylation is 2. The van der Waals surface area contributed by atoms with Crippen LogP contribution in [0.1, 0.15) is 24.6 Å². The number of nitrogens with two attached hydrogens (primary N) is 1. The second kappa shape index (κ2) is 6.75. The lowest BCUT2D eigenvalue weighted by atomic mass is 10.2. The van der Waals surface area contributed by atoms with Crippen molar-refractivity contribution in [3.63, 3.8) is 0 Å². The van der Waals surface area contributed by atoms with E-state index in [1.54, 1.807) is 0 Å². The molecule has 0 bridgehead atoms. The minimum atomic E-state index is 0.553. The van der Waals surface area contributed by atoms with Crippen molar-refractivity contribution < 1.29 is 0 Å². The van der Waals surface area contributed by atoms with Crippen molar-refractivity contribution in [2.45, 2.75) is 26.8 Å². The summed E-state index contributed by atoms with van der Waals surface area (Å²) in [5, 5.41) is 4.49. The molecule has 0 atom stereocenters. The van der Waals surface area contributed by atoms with E-state index in [0.29, 0.717) is 6.54 Å². The van der Waals surface area contributed by atoms with Crippen molar-refractivity contribution in [3.8, 4) is 0 Å². The zero-order valence-corrected chi connectivity index (χ0v) is 12.4. The number of hydrogen-bond acceptors (Lipinski definition) is 4. The van der Waals surface area contributed by atoms with Crippen molar-refractivity contribution in [2.75, 3.05) is 38.6 Å². The van der Waals surface area contributed by atoms with Crippen molar-refractivity contribution in [3.05, 3.63) is 11.3 Å². The Kier molecular flexibility index (Phi) is 5.62. The number of anilines is 1. The molecule has 0 spiro atoms. The average Bonchev–Trinajstić information content (AvgIpc) is 2.58. The summed E-state index contributed by atoms with van der Waals surface area (Å²) in [5.41, 5.74) is 8.08. The molecule has 0 unspecified atom stereocenters. The van der Waals surface area contributed by atoms with Gasteiger partial charge < -0.3 is 15.5 Å². The van der Waals surface area contributed by atoms with Crippen LogP contribution in [0, 0.1) is 6.92 Å². The number of nitrogens with zero attached hydrogens (tertiary/aromatic N) is 4. The van der Waals surface area contributed by atoms with Gasteiger partial charge in [-0.15, -0.1) is 0 Å². The molecule has 0 aliphatic carbocycles. The smallest absolute Gasteiger partial charge is 0.131 e. The molecule has 0 saturated heterocycles. The second-order valence-corrected chi connectivity index (χ2v) is 5.01. The molecule has 0 fully saturated rings. The highest BCUT2D eigenvalue weighted by Crippen LogP contribution is 2.22. The molecule has 104 valence electrons. The zero-order valence-electron chi connectivity index (χ0n) is 12.4. The summed E-state index contributed by atoms with van der Waals surface area (Å²) < 4.78 is 1.96. The normalized spacial score (nSPS) is 11.3. The van der Waals surface area contributed by atoms with E-state index >= 15 is 0 Å². The van der Waals surface area contributed by atoms with Gasteiger partial charge in [-0.1, -0.05) is 6.92 Å². The van der Waals surface area contributed by atoms with E-state index in [1.807, 2.05) is 18.7 Å². The Labute approximate surface area is 111 Å². The standard InChI is InChI=1S/C13H27N5/c1-6-7-18(9-8-16(3)4)13-12(10-14)11(2)15-17(13)5/h6-10,14H2,1-5H3. The first-order chi connectivity index (χ1) is 8.51. The minimum Gasteiger partial charge on any atom is -0.355 e. The first-order valence-electron chi connectivity index (χ1n) is 6.63. The number of likely N-dealkylation sites (N-methyl/N-ethyl adjacent to an activating group) is 1. The van der Waals surface area contributed by atoms with Crippen LogP contribution >= 0.6 is 0 Å². The van der Waals surface area contributed by atoms with Crippen molar-refractivity contribution in [2.24, 2.45) is 12.8 Å². The predicted molar refractivity (Wildman–Crippen MR) is 76.9 cm³/mol. The van der Waals surface area contributed by atoms with Gasteiger partial charge in [0.25, 0.3) is 0 Å². The fraction of sp³-hybridized carbons (Fsp3) is 0.769. The van der Waals surface area contributed by atoms with Crippen LogP contribution in [-0.2, 0) is 13.6 Å². The first kappa shape index (κ1) is 15.0.